The Morgan fingerprint density at radius 3 is 2.77 bits per heavy atom. The molecule has 5 heteroatoms. The molecule has 0 radical (unpaired) electrons. The van der Waals surface area contributed by atoms with Crippen LogP contribution in [-0.4, -0.2) is 34.9 Å². The van der Waals surface area contributed by atoms with Gasteiger partial charge in [0.1, 0.15) is 5.52 Å². The van der Waals surface area contributed by atoms with Crippen LogP contribution in [0.5, 0.6) is 0 Å². The molecule has 4 rings (SSSR count). The molecule has 2 heterocycles. The highest BCUT2D eigenvalue weighted by Gasteiger charge is 2.30. The lowest BCUT2D eigenvalue weighted by Crippen LogP contribution is -2.46. The Morgan fingerprint density at radius 2 is 1.96 bits per heavy atom. The number of likely N-dealkylation sites (tertiary alicyclic amines) is 1. The van der Waals surface area contributed by atoms with E-state index in [1.807, 2.05) is 61.5 Å². The van der Waals surface area contributed by atoms with E-state index in [2.05, 4.69) is 15.2 Å². The number of benzene rings is 2. The predicted molar refractivity (Wildman–Crippen MR) is 102 cm³/mol. The Balaban J connectivity index is 1.44. The molecule has 2 aromatic carbocycles. The molecule has 26 heavy (non-hydrogen) atoms. The summed E-state index contributed by atoms with van der Waals surface area (Å²) >= 11 is 0. The van der Waals surface area contributed by atoms with Gasteiger partial charge in [-0.3, -0.25) is 9.69 Å². The largest absolute Gasteiger partial charge is 0.440 e. The Labute approximate surface area is 153 Å². The second-order valence-corrected chi connectivity index (χ2v) is 6.89. The first kappa shape index (κ1) is 16.8. The van der Waals surface area contributed by atoms with Crippen LogP contribution < -0.4 is 5.32 Å². The highest BCUT2D eigenvalue weighted by Crippen LogP contribution is 2.29. The van der Waals surface area contributed by atoms with Crippen LogP contribution in [0.3, 0.4) is 0 Å². The van der Waals surface area contributed by atoms with Crippen molar-refractivity contribution in [2.45, 2.75) is 31.7 Å². The molecule has 1 aromatic heterocycles. The van der Waals surface area contributed by atoms with E-state index in [9.17, 15) is 4.79 Å². The summed E-state index contributed by atoms with van der Waals surface area (Å²) in [5, 5.41) is 3.00. The third-order valence-electron chi connectivity index (χ3n) is 5.08. The molecule has 1 saturated heterocycles. The van der Waals surface area contributed by atoms with E-state index in [-0.39, 0.29) is 17.9 Å². The van der Waals surface area contributed by atoms with Crippen molar-refractivity contribution in [3.8, 4) is 0 Å². The number of carbonyl (C=O) groups excluding carboxylic acids is 1. The Morgan fingerprint density at radius 1 is 1.19 bits per heavy atom. The van der Waals surface area contributed by atoms with E-state index in [1.165, 1.54) is 0 Å². The number of rotatable bonds is 4. The molecule has 0 unspecified atom stereocenters. The summed E-state index contributed by atoms with van der Waals surface area (Å²) < 4.78 is 5.95. The lowest BCUT2D eigenvalue weighted by atomic mass is 9.96. The maximum Gasteiger partial charge on any atom is 0.241 e. The van der Waals surface area contributed by atoms with Gasteiger partial charge in [0, 0.05) is 18.2 Å². The smallest absolute Gasteiger partial charge is 0.241 e. The fourth-order valence-corrected chi connectivity index (χ4v) is 3.56. The quantitative estimate of drug-likeness (QED) is 0.772. The summed E-state index contributed by atoms with van der Waals surface area (Å²) in [6, 6.07) is 17.2. The van der Waals surface area contributed by atoms with Gasteiger partial charge in [0.15, 0.2) is 11.5 Å². The number of anilines is 1. The lowest BCUT2D eigenvalue weighted by molar-refractivity contribution is -0.121. The second kappa shape index (κ2) is 7.30. The third-order valence-corrected chi connectivity index (χ3v) is 5.08. The van der Waals surface area contributed by atoms with E-state index in [0.717, 1.165) is 48.6 Å². The number of fused-ring (bicyclic) bond motifs is 1. The lowest BCUT2D eigenvalue weighted by Gasteiger charge is -2.34. The second-order valence-electron chi connectivity index (χ2n) is 6.89. The predicted octanol–water partition coefficient (Wildman–Crippen LogP) is 4.03. The highest BCUT2D eigenvalue weighted by atomic mass is 16.3. The van der Waals surface area contributed by atoms with Gasteiger partial charge < -0.3 is 9.73 Å². The number of aromatic nitrogens is 1. The first-order chi connectivity index (χ1) is 12.7. The Bertz CT molecular complexity index is 857. The van der Waals surface area contributed by atoms with Crippen molar-refractivity contribution in [2.24, 2.45) is 0 Å². The number of nitrogens with zero attached hydrogens (tertiary/aromatic N) is 2. The number of hydrogen-bond acceptors (Lipinski definition) is 4. The van der Waals surface area contributed by atoms with Gasteiger partial charge >= 0.3 is 0 Å². The summed E-state index contributed by atoms with van der Waals surface area (Å²) in [4.78, 5) is 19.5. The number of nitrogens with one attached hydrogen (secondary N) is 1. The SMILES string of the molecule is C[C@H](C(=O)Nc1ccccc1)N1CCC[C@H](c2nc3ccccc3o2)C1. The van der Waals surface area contributed by atoms with Crippen molar-refractivity contribution in [1.82, 2.24) is 9.88 Å². The van der Waals surface area contributed by atoms with Crippen LogP contribution in [0.4, 0.5) is 5.69 Å². The summed E-state index contributed by atoms with van der Waals surface area (Å²) in [5.41, 5.74) is 2.56. The maximum absolute atomic E-state index is 12.6. The average Bonchev–Trinajstić information content (AvgIpc) is 3.12. The first-order valence-corrected chi connectivity index (χ1v) is 9.16. The van der Waals surface area contributed by atoms with Crippen molar-refractivity contribution < 1.29 is 9.21 Å². The van der Waals surface area contributed by atoms with Crippen molar-refractivity contribution in [3.63, 3.8) is 0 Å². The third kappa shape index (κ3) is 3.48. The Hall–Kier alpha value is -2.66. The van der Waals surface area contributed by atoms with Gasteiger partial charge in [-0.1, -0.05) is 30.3 Å². The minimum absolute atomic E-state index is 0.0226. The van der Waals surface area contributed by atoms with E-state index in [0.29, 0.717) is 0 Å². The summed E-state index contributed by atoms with van der Waals surface area (Å²) in [6.07, 6.45) is 2.07. The van der Waals surface area contributed by atoms with Crippen molar-refractivity contribution in [2.75, 3.05) is 18.4 Å². The minimum atomic E-state index is -0.192. The van der Waals surface area contributed by atoms with Crippen molar-refractivity contribution >= 4 is 22.7 Å². The van der Waals surface area contributed by atoms with Gasteiger partial charge in [-0.25, -0.2) is 4.98 Å². The molecule has 0 aliphatic carbocycles. The van der Waals surface area contributed by atoms with E-state index >= 15 is 0 Å². The monoisotopic (exact) mass is 349 g/mol. The molecule has 1 amide bonds. The number of hydrogen-bond donors (Lipinski definition) is 1. The molecule has 0 saturated carbocycles. The number of oxazole rings is 1. The van der Waals surface area contributed by atoms with Crippen LogP contribution >= 0.6 is 0 Å². The van der Waals surface area contributed by atoms with Crippen molar-refractivity contribution in [3.05, 3.63) is 60.5 Å². The van der Waals surface area contributed by atoms with Crippen LogP contribution in [0, 0.1) is 0 Å². The zero-order valence-electron chi connectivity index (χ0n) is 14.9. The molecule has 1 aliphatic heterocycles. The van der Waals surface area contributed by atoms with E-state index < -0.39 is 0 Å². The van der Waals surface area contributed by atoms with Gasteiger partial charge in [-0.2, -0.15) is 0 Å². The van der Waals surface area contributed by atoms with Crippen LogP contribution in [-0.2, 0) is 4.79 Å². The fraction of sp³-hybridized carbons (Fsp3) is 0.333. The number of para-hydroxylation sites is 3. The molecular formula is C21H23N3O2. The molecule has 0 bridgehead atoms. The normalized spacial score (nSPS) is 19.3. The van der Waals surface area contributed by atoms with Crippen LogP contribution in [0.1, 0.15) is 31.6 Å². The summed E-state index contributed by atoms with van der Waals surface area (Å²) in [5.74, 6) is 1.03. The number of piperidine rings is 1. The first-order valence-electron chi connectivity index (χ1n) is 9.16. The average molecular weight is 349 g/mol. The highest BCUT2D eigenvalue weighted by molar-refractivity contribution is 5.94. The molecule has 5 nitrogen and oxygen atoms in total. The van der Waals surface area contributed by atoms with Gasteiger partial charge in [0.2, 0.25) is 5.91 Å². The van der Waals surface area contributed by atoms with Crippen LogP contribution in [0.25, 0.3) is 11.1 Å². The molecule has 134 valence electrons. The topological polar surface area (TPSA) is 58.4 Å². The van der Waals surface area contributed by atoms with E-state index in [4.69, 9.17) is 4.42 Å². The standard InChI is InChI=1S/C21H23N3O2/c1-15(20(25)22-17-9-3-2-4-10-17)24-13-7-8-16(14-24)21-23-18-11-5-6-12-19(18)26-21/h2-6,9-12,15-16H,7-8,13-14H2,1H3,(H,22,25)/t15-,16+/m1/s1. The van der Waals surface area contributed by atoms with Gasteiger partial charge in [0.05, 0.1) is 6.04 Å². The van der Waals surface area contributed by atoms with Gasteiger partial charge in [-0.05, 0) is 50.6 Å². The zero-order chi connectivity index (χ0) is 17.9. The number of amides is 1. The van der Waals surface area contributed by atoms with Gasteiger partial charge in [0.25, 0.3) is 0 Å². The van der Waals surface area contributed by atoms with Crippen LogP contribution in [0.15, 0.2) is 59.0 Å². The zero-order valence-corrected chi connectivity index (χ0v) is 14.9. The molecule has 1 N–H and O–H groups in total. The van der Waals surface area contributed by atoms with Gasteiger partial charge in [-0.15, -0.1) is 0 Å². The molecule has 2 atom stereocenters. The summed E-state index contributed by atoms with van der Waals surface area (Å²) in [6.45, 7) is 3.67. The minimum Gasteiger partial charge on any atom is -0.440 e. The molecule has 0 spiro atoms. The molecule has 1 fully saturated rings. The van der Waals surface area contributed by atoms with E-state index in [1.54, 1.807) is 0 Å². The Kier molecular flexibility index (Phi) is 4.71. The summed E-state index contributed by atoms with van der Waals surface area (Å²) in [7, 11) is 0. The van der Waals surface area contributed by atoms with Crippen molar-refractivity contribution in [1.29, 1.82) is 0 Å². The number of carbonyl (C=O) groups is 1. The molecular weight excluding hydrogens is 326 g/mol. The van der Waals surface area contributed by atoms with Crippen LogP contribution in [0.2, 0.25) is 0 Å². The molecule has 1 aliphatic rings. The maximum atomic E-state index is 12.6. The fourth-order valence-electron chi connectivity index (χ4n) is 3.56. The molecule has 3 aromatic rings.